The summed E-state index contributed by atoms with van der Waals surface area (Å²) in [7, 11) is 5.25. The van der Waals surface area contributed by atoms with Gasteiger partial charge in [0.25, 0.3) is 0 Å². The molecule has 0 saturated carbocycles. The first kappa shape index (κ1) is 45.4. The van der Waals surface area contributed by atoms with Gasteiger partial charge in [-0.25, -0.2) is 9.78 Å². The van der Waals surface area contributed by atoms with E-state index in [1.54, 1.807) is 38.9 Å². The van der Waals surface area contributed by atoms with Gasteiger partial charge in [0.15, 0.2) is 17.7 Å². The average molecular weight is 811 g/mol. The van der Waals surface area contributed by atoms with E-state index in [4.69, 9.17) is 23.7 Å². The fraction of sp³-hybridized carbons (Fsp3) is 0.705. The minimum absolute atomic E-state index is 0.134. The second-order valence-electron chi connectivity index (χ2n) is 17.4. The van der Waals surface area contributed by atoms with Crippen molar-refractivity contribution in [2.45, 2.75) is 148 Å². The molecule has 13 atom stereocenters. The number of carbonyl (C=O) groups excluding carboxylic acids is 4. The van der Waals surface area contributed by atoms with Crippen LogP contribution in [-0.4, -0.2) is 130 Å². The van der Waals surface area contributed by atoms with Crippen molar-refractivity contribution in [2.24, 2.45) is 23.7 Å². The summed E-state index contributed by atoms with van der Waals surface area (Å²) < 4.78 is 33.3. The highest BCUT2D eigenvalue weighted by Gasteiger charge is 2.60. The van der Waals surface area contributed by atoms with Crippen LogP contribution in [0.3, 0.4) is 0 Å². The summed E-state index contributed by atoms with van der Waals surface area (Å²) in [6.45, 7) is 15.0. The number of amides is 1. The number of fused-ring (bicyclic) bond motifs is 1. The Morgan fingerprint density at radius 2 is 1.64 bits per heavy atom. The van der Waals surface area contributed by atoms with Gasteiger partial charge in [-0.1, -0.05) is 58.0 Å². The van der Waals surface area contributed by atoms with Crippen molar-refractivity contribution in [3.63, 3.8) is 0 Å². The number of imidazole rings is 1. The zero-order chi connectivity index (χ0) is 42.7. The van der Waals surface area contributed by atoms with Crippen molar-refractivity contribution >= 4 is 23.6 Å². The Balaban J connectivity index is 1.43. The van der Waals surface area contributed by atoms with Crippen molar-refractivity contribution in [1.82, 2.24) is 19.4 Å². The Labute approximate surface area is 343 Å². The number of hydrogen-bond acceptors (Lipinski definition) is 12. The lowest BCUT2D eigenvalue weighted by Gasteiger charge is -2.47. The number of benzene rings is 1. The maximum atomic E-state index is 14.7. The molecular weight excluding hydrogens is 745 g/mol. The number of aliphatic hydroxyl groups is 1. The molecule has 0 aliphatic carbocycles. The topological polar surface area (TPSA) is 159 Å². The molecule has 1 unspecified atom stereocenters. The smallest absolute Gasteiger partial charge is 0.410 e. The predicted molar refractivity (Wildman–Crippen MR) is 216 cm³/mol. The molecule has 322 valence electrons. The van der Waals surface area contributed by atoms with Gasteiger partial charge >= 0.3 is 12.1 Å². The third-order valence-corrected chi connectivity index (χ3v) is 12.9. The summed E-state index contributed by atoms with van der Waals surface area (Å²) in [6.07, 6.45) is 1.10. The van der Waals surface area contributed by atoms with Gasteiger partial charge < -0.3 is 43.2 Å². The number of ketones is 2. The first-order chi connectivity index (χ1) is 27.4. The Hall–Kier alpha value is -3.69. The van der Waals surface area contributed by atoms with Crippen LogP contribution in [0.2, 0.25) is 0 Å². The van der Waals surface area contributed by atoms with Crippen LogP contribution >= 0.6 is 0 Å². The van der Waals surface area contributed by atoms with Gasteiger partial charge in [-0.2, -0.15) is 0 Å². The maximum absolute atomic E-state index is 14.7. The molecule has 3 saturated heterocycles. The van der Waals surface area contributed by atoms with Crippen molar-refractivity contribution < 1.29 is 48.0 Å². The third kappa shape index (κ3) is 9.36. The number of hydrogen-bond donors (Lipinski definition) is 1. The molecule has 14 nitrogen and oxygen atoms in total. The van der Waals surface area contributed by atoms with E-state index >= 15 is 0 Å². The number of esters is 1. The number of rotatable bonds is 11. The summed E-state index contributed by atoms with van der Waals surface area (Å²) in [5.74, 6) is -4.92. The van der Waals surface area contributed by atoms with Crippen molar-refractivity contribution in [3.8, 4) is 11.3 Å². The number of methoxy groups -OCH3 is 1. The highest BCUT2D eigenvalue weighted by Crippen LogP contribution is 2.43. The summed E-state index contributed by atoms with van der Waals surface area (Å²) in [4.78, 5) is 64.9. The highest BCUT2D eigenvalue weighted by molar-refractivity contribution is 6.00. The van der Waals surface area contributed by atoms with Crippen molar-refractivity contribution in [3.05, 3.63) is 42.9 Å². The van der Waals surface area contributed by atoms with Crippen molar-refractivity contribution in [1.29, 1.82) is 0 Å². The summed E-state index contributed by atoms with van der Waals surface area (Å²) in [5.41, 5.74) is -0.755. The largest absolute Gasteiger partial charge is 0.458 e. The quantitative estimate of drug-likeness (QED) is 0.172. The predicted octanol–water partition coefficient (Wildman–Crippen LogP) is 5.53. The van der Waals surface area contributed by atoms with E-state index in [0.717, 1.165) is 17.7 Å². The van der Waals surface area contributed by atoms with Gasteiger partial charge in [0, 0.05) is 55.8 Å². The fourth-order valence-corrected chi connectivity index (χ4v) is 9.53. The van der Waals surface area contributed by atoms with E-state index in [9.17, 15) is 24.3 Å². The van der Waals surface area contributed by atoms with E-state index in [-0.39, 0.29) is 30.8 Å². The van der Waals surface area contributed by atoms with E-state index in [0.29, 0.717) is 25.9 Å². The average Bonchev–Trinajstić information content (AvgIpc) is 3.78. The molecule has 58 heavy (non-hydrogen) atoms. The molecule has 1 aromatic carbocycles. The molecule has 5 rings (SSSR count). The molecule has 1 amide bonds. The number of nitrogens with zero attached hydrogens (tertiary/aromatic N) is 4. The lowest BCUT2D eigenvalue weighted by atomic mass is 9.73. The lowest BCUT2D eigenvalue weighted by Crippen LogP contribution is -2.60. The second-order valence-corrected chi connectivity index (χ2v) is 17.4. The minimum atomic E-state index is -1.39. The summed E-state index contributed by atoms with van der Waals surface area (Å²) in [5, 5.41) is 11.4. The Bertz CT molecular complexity index is 1740. The Morgan fingerprint density at radius 3 is 2.28 bits per heavy atom. The number of cyclic esters (lactones) is 1. The minimum Gasteiger partial charge on any atom is -0.458 e. The van der Waals surface area contributed by atoms with Gasteiger partial charge in [-0.05, 0) is 73.9 Å². The van der Waals surface area contributed by atoms with Crippen LogP contribution in [0.4, 0.5) is 4.79 Å². The molecule has 3 fully saturated rings. The molecule has 4 heterocycles. The van der Waals surface area contributed by atoms with Crippen LogP contribution in [0.15, 0.2) is 42.9 Å². The van der Waals surface area contributed by atoms with Crippen LogP contribution in [0.1, 0.15) is 87.5 Å². The number of unbranched alkanes of at least 4 members (excludes halogenated alkanes) is 1. The van der Waals surface area contributed by atoms with Gasteiger partial charge in [0.05, 0.1) is 35.9 Å². The SMILES string of the molecule is CCC1OC(=O)[C@H](C)C(=O)[C@H](C)[C@@H](O[C@@H]2O[C@H](C)C[C@H](N(C)C)[C@H]2O)[C@](C)(OC)C[C@@H](C)C(=O)[C@H](C)[C@H]2N(CCCCn3cnc(-c4ccccc4)c3)C(=O)O[C@]12C. The molecule has 0 bridgehead atoms. The van der Waals surface area contributed by atoms with Gasteiger partial charge in [-0.15, -0.1) is 0 Å². The molecular formula is C44H66N4O10. The standard InChI is InChI=1S/C44H66N4O10/c1-12-34-44(8)38(48(42(53)58-44)21-17-16-20-47-24-32(45-25-47)31-18-14-13-15-19-31)28(4)35(49)26(2)23-43(7,54-11)39(29(5)36(50)30(6)40(52)56-34)57-41-37(51)33(46(9)10)22-27(3)55-41/h13-15,18-19,24-30,33-34,37-39,41,51H,12,16-17,20-23H2,1-11H3/t26-,27-,28+,29+,30-,33+,34?,37-,38-,39-,41+,43-,44-/m1/s1. The van der Waals surface area contributed by atoms with Crippen LogP contribution in [0.25, 0.3) is 11.3 Å². The number of ether oxygens (including phenoxy) is 5. The molecule has 14 heteroatoms. The summed E-state index contributed by atoms with van der Waals surface area (Å²) in [6, 6.07) is 8.88. The number of aromatic nitrogens is 2. The Morgan fingerprint density at radius 1 is 0.966 bits per heavy atom. The van der Waals surface area contributed by atoms with Gasteiger partial charge in [0.1, 0.15) is 23.9 Å². The number of aliphatic hydroxyl groups excluding tert-OH is 1. The number of likely N-dealkylation sites (N-methyl/N-ethyl adjacent to an activating group) is 1. The maximum Gasteiger partial charge on any atom is 0.410 e. The molecule has 3 aliphatic rings. The fourth-order valence-electron chi connectivity index (χ4n) is 9.53. The normalized spacial score (nSPS) is 36.7. The van der Waals surface area contributed by atoms with E-state index in [2.05, 4.69) is 4.98 Å². The molecule has 1 N–H and O–H groups in total. The number of carbonyl (C=O) groups is 4. The zero-order valence-corrected chi connectivity index (χ0v) is 36.3. The van der Waals surface area contributed by atoms with E-state index in [1.807, 2.05) is 80.9 Å². The van der Waals surface area contributed by atoms with Crippen LogP contribution in [0.5, 0.6) is 0 Å². The van der Waals surface area contributed by atoms with Gasteiger partial charge in [0.2, 0.25) is 0 Å². The van der Waals surface area contributed by atoms with Gasteiger partial charge in [-0.3, -0.25) is 14.4 Å². The van der Waals surface area contributed by atoms with Crippen LogP contribution in [0, 0.1) is 23.7 Å². The first-order valence-corrected chi connectivity index (χ1v) is 20.9. The molecule has 0 radical (unpaired) electrons. The molecule has 3 aliphatic heterocycles. The van der Waals surface area contributed by atoms with Crippen molar-refractivity contribution in [2.75, 3.05) is 27.7 Å². The Kier molecular flexibility index (Phi) is 14.6. The first-order valence-electron chi connectivity index (χ1n) is 20.9. The van der Waals surface area contributed by atoms with Crippen LogP contribution < -0.4 is 0 Å². The molecule has 1 aromatic heterocycles. The number of Topliss-reactive ketones (excluding diaryl/α,β-unsaturated/α-hetero) is 2. The molecule has 2 aromatic rings. The lowest BCUT2D eigenvalue weighted by molar-refractivity contribution is -0.295. The highest BCUT2D eigenvalue weighted by atomic mass is 16.7. The van der Waals surface area contributed by atoms with E-state index < -0.39 is 83.4 Å². The molecule has 0 spiro atoms. The number of aryl methyl sites for hydroxylation is 1. The van der Waals surface area contributed by atoms with E-state index in [1.165, 1.54) is 14.0 Å². The monoisotopic (exact) mass is 810 g/mol. The second kappa shape index (κ2) is 18.7. The third-order valence-electron chi connectivity index (χ3n) is 12.9. The van der Waals surface area contributed by atoms with Crippen LogP contribution in [-0.2, 0) is 44.6 Å². The zero-order valence-electron chi connectivity index (χ0n) is 36.3. The summed E-state index contributed by atoms with van der Waals surface area (Å²) >= 11 is 0.